The van der Waals surface area contributed by atoms with Crippen LogP contribution in [0.3, 0.4) is 0 Å². The number of hydrogen-bond donors (Lipinski definition) is 2. The van der Waals surface area contributed by atoms with Gasteiger partial charge in [-0.3, -0.25) is 4.90 Å². The Morgan fingerprint density at radius 2 is 1.95 bits per heavy atom. The van der Waals surface area contributed by atoms with Gasteiger partial charge in [-0.15, -0.1) is 0 Å². The molecule has 1 aliphatic heterocycles. The summed E-state index contributed by atoms with van der Waals surface area (Å²) in [6.45, 7) is 7.88. The minimum Gasteiger partial charge on any atom is -0.444 e. The molecule has 2 aromatic carbocycles. The van der Waals surface area contributed by atoms with Gasteiger partial charge in [-0.1, -0.05) is 53.7 Å². The van der Waals surface area contributed by atoms with Crippen molar-refractivity contribution in [3.05, 3.63) is 66.0 Å². The molecule has 2 atom stereocenters. The summed E-state index contributed by atoms with van der Waals surface area (Å²) in [5.41, 5.74) is 0.877. The quantitative estimate of drug-likeness (QED) is 0.384. The van der Waals surface area contributed by atoms with Gasteiger partial charge >= 0.3 is 12.1 Å². The molecule has 1 saturated heterocycles. The molecule has 0 aliphatic carbocycles. The lowest BCUT2D eigenvalue weighted by atomic mass is 10.0. The van der Waals surface area contributed by atoms with Gasteiger partial charge in [-0.05, 0) is 64.6 Å². The SMILES string of the molecule is CC(C)(C)OC(=O)N[C@@H](CCN1CCC[C@H]1CNc1nc(-c2ccccc2)no1)Cc1ccccc1F. The highest BCUT2D eigenvalue weighted by Crippen LogP contribution is 2.21. The molecular formula is C28H36FN5O3. The van der Waals surface area contributed by atoms with Crippen molar-refractivity contribution in [2.24, 2.45) is 0 Å². The molecule has 1 amide bonds. The van der Waals surface area contributed by atoms with Crippen molar-refractivity contribution < 1.29 is 18.4 Å². The zero-order valence-electron chi connectivity index (χ0n) is 21.7. The van der Waals surface area contributed by atoms with Crippen molar-refractivity contribution >= 4 is 12.1 Å². The minimum absolute atomic E-state index is 0.259. The van der Waals surface area contributed by atoms with Gasteiger partial charge in [0.25, 0.3) is 0 Å². The molecule has 9 heteroatoms. The van der Waals surface area contributed by atoms with Crippen LogP contribution in [0.25, 0.3) is 11.4 Å². The van der Waals surface area contributed by atoms with E-state index in [-0.39, 0.29) is 11.9 Å². The van der Waals surface area contributed by atoms with E-state index in [0.717, 1.165) is 31.5 Å². The molecule has 0 bridgehead atoms. The van der Waals surface area contributed by atoms with Crippen molar-refractivity contribution in [2.75, 3.05) is 25.0 Å². The van der Waals surface area contributed by atoms with Crippen molar-refractivity contribution in [3.8, 4) is 11.4 Å². The van der Waals surface area contributed by atoms with Crippen LogP contribution in [0.2, 0.25) is 0 Å². The maximum absolute atomic E-state index is 14.4. The average molecular weight is 510 g/mol. The monoisotopic (exact) mass is 509 g/mol. The highest BCUT2D eigenvalue weighted by molar-refractivity contribution is 5.68. The molecule has 1 fully saturated rings. The molecule has 0 unspecified atom stereocenters. The molecule has 0 radical (unpaired) electrons. The molecule has 4 rings (SSSR count). The van der Waals surface area contributed by atoms with Crippen LogP contribution in [0.4, 0.5) is 15.2 Å². The molecule has 8 nitrogen and oxygen atoms in total. The first-order valence-corrected chi connectivity index (χ1v) is 12.9. The normalized spacial score (nSPS) is 16.9. The Kier molecular flexibility index (Phi) is 8.76. The number of alkyl carbamates (subject to hydrolysis) is 1. The van der Waals surface area contributed by atoms with Crippen molar-refractivity contribution in [1.29, 1.82) is 0 Å². The standard InChI is InChI=1S/C28H36FN5O3/c1-28(2,3)36-27(35)31-22(18-21-12-7-8-14-24(21)29)15-17-34-16-9-13-23(34)19-30-26-32-25(33-37-26)20-10-5-4-6-11-20/h4-8,10-12,14,22-23H,9,13,15-19H2,1-3H3,(H,31,35)(H,30,32,33)/t22-,23-/m0/s1. The van der Waals surface area contributed by atoms with Gasteiger partial charge in [0.2, 0.25) is 5.82 Å². The van der Waals surface area contributed by atoms with Gasteiger partial charge < -0.3 is 19.9 Å². The van der Waals surface area contributed by atoms with E-state index in [1.807, 2.05) is 57.2 Å². The molecule has 0 saturated carbocycles. The van der Waals surface area contributed by atoms with Crippen LogP contribution >= 0.6 is 0 Å². The van der Waals surface area contributed by atoms with Gasteiger partial charge in [-0.2, -0.15) is 4.98 Å². The number of amides is 1. The Morgan fingerprint density at radius 1 is 1.19 bits per heavy atom. The predicted molar refractivity (Wildman–Crippen MR) is 141 cm³/mol. The molecule has 3 aromatic rings. The summed E-state index contributed by atoms with van der Waals surface area (Å²) in [6.07, 6.45) is 2.71. The van der Waals surface area contributed by atoms with Crippen LogP contribution < -0.4 is 10.6 Å². The molecule has 198 valence electrons. The van der Waals surface area contributed by atoms with Gasteiger partial charge in [0.15, 0.2) is 0 Å². The summed E-state index contributed by atoms with van der Waals surface area (Å²) in [6, 6.07) is 16.8. The molecule has 1 aromatic heterocycles. The van der Waals surface area contributed by atoms with Gasteiger partial charge in [0.1, 0.15) is 11.4 Å². The molecule has 37 heavy (non-hydrogen) atoms. The van der Waals surface area contributed by atoms with E-state index in [4.69, 9.17) is 9.26 Å². The summed E-state index contributed by atoms with van der Waals surface area (Å²) in [7, 11) is 0. The number of anilines is 1. The predicted octanol–water partition coefficient (Wildman–Crippen LogP) is 5.28. The number of nitrogens with one attached hydrogen (secondary N) is 2. The van der Waals surface area contributed by atoms with E-state index >= 15 is 0 Å². The number of nitrogens with zero attached hydrogens (tertiary/aromatic N) is 3. The lowest BCUT2D eigenvalue weighted by Crippen LogP contribution is -2.43. The van der Waals surface area contributed by atoms with E-state index in [1.165, 1.54) is 6.07 Å². The first kappa shape index (κ1) is 26.6. The first-order chi connectivity index (χ1) is 17.8. The molecule has 2 N–H and O–H groups in total. The Bertz CT molecular complexity index is 1150. The fraction of sp³-hybridized carbons (Fsp3) is 0.464. The topological polar surface area (TPSA) is 92.5 Å². The fourth-order valence-corrected chi connectivity index (χ4v) is 4.58. The Labute approximate surface area is 217 Å². The number of rotatable bonds is 10. The molecule has 0 spiro atoms. The maximum atomic E-state index is 14.4. The Morgan fingerprint density at radius 3 is 2.70 bits per heavy atom. The molecular weight excluding hydrogens is 473 g/mol. The number of ether oxygens (including phenoxy) is 1. The summed E-state index contributed by atoms with van der Waals surface area (Å²) >= 11 is 0. The number of likely N-dealkylation sites (tertiary alicyclic amines) is 1. The summed E-state index contributed by atoms with van der Waals surface area (Å²) in [5.74, 6) is 0.284. The van der Waals surface area contributed by atoms with Crippen LogP contribution in [-0.4, -0.2) is 58.5 Å². The van der Waals surface area contributed by atoms with Crippen molar-refractivity contribution in [2.45, 2.75) is 64.1 Å². The third-order valence-corrected chi connectivity index (χ3v) is 6.36. The second-order valence-electron chi connectivity index (χ2n) is 10.4. The lowest BCUT2D eigenvalue weighted by molar-refractivity contribution is 0.0498. The molecule has 2 heterocycles. The van der Waals surface area contributed by atoms with Gasteiger partial charge in [0.05, 0.1) is 0 Å². The zero-order valence-corrected chi connectivity index (χ0v) is 21.7. The van der Waals surface area contributed by atoms with E-state index in [0.29, 0.717) is 42.8 Å². The third-order valence-electron chi connectivity index (χ3n) is 6.36. The Hall–Kier alpha value is -3.46. The number of carbonyl (C=O) groups excluding carboxylic acids is 1. The number of aromatic nitrogens is 2. The van der Waals surface area contributed by atoms with Crippen LogP contribution in [0.15, 0.2) is 59.1 Å². The van der Waals surface area contributed by atoms with E-state index < -0.39 is 11.7 Å². The first-order valence-electron chi connectivity index (χ1n) is 12.9. The second-order valence-corrected chi connectivity index (χ2v) is 10.4. The fourth-order valence-electron chi connectivity index (χ4n) is 4.58. The van der Waals surface area contributed by atoms with Crippen LogP contribution in [0, 0.1) is 5.82 Å². The number of carbonyl (C=O) groups is 1. The molecule has 1 aliphatic rings. The highest BCUT2D eigenvalue weighted by atomic mass is 19.1. The second kappa shape index (κ2) is 12.2. The van der Waals surface area contributed by atoms with Crippen LogP contribution in [0.5, 0.6) is 0 Å². The summed E-state index contributed by atoms with van der Waals surface area (Å²) < 4.78 is 25.2. The Balaban J connectivity index is 1.33. The van der Waals surface area contributed by atoms with Gasteiger partial charge in [-0.25, -0.2) is 9.18 Å². The largest absolute Gasteiger partial charge is 0.444 e. The van der Waals surface area contributed by atoms with Crippen LogP contribution in [-0.2, 0) is 11.2 Å². The highest BCUT2D eigenvalue weighted by Gasteiger charge is 2.27. The van der Waals surface area contributed by atoms with Crippen LogP contribution in [0.1, 0.15) is 45.6 Å². The third kappa shape index (κ3) is 8.01. The average Bonchev–Trinajstić information content (AvgIpc) is 3.51. The number of hydrogen-bond acceptors (Lipinski definition) is 7. The zero-order chi connectivity index (χ0) is 26.3. The number of benzene rings is 2. The lowest BCUT2D eigenvalue weighted by Gasteiger charge is -2.28. The van der Waals surface area contributed by atoms with Crippen molar-refractivity contribution in [1.82, 2.24) is 20.4 Å². The summed E-state index contributed by atoms with van der Waals surface area (Å²) in [4.78, 5) is 19.3. The van der Waals surface area contributed by atoms with E-state index in [1.54, 1.807) is 12.1 Å². The smallest absolute Gasteiger partial charge is 0.407 e. The number of halogens is 1. The van der Waals surface area contributed by atoms with Gasteiger partial charge in [0, 0.05) is 30.7 Å². The maximum Gasteiger partial charge on any atom is 0.407 e. The van der Waals surface area contributed by atoms with E-state index in [2.05, 4.69) is 25.7 Å². The minimum atomic E-state index is -0.604. The van der Waals surface area contributed by atoms with E-state index in [9.17, 15) is 9.18 Å². The van der Waals surface area contributed by atoms with Crippen molar-refractivity contribution in [3.63, 3.8) is 0 Å². The summed E-state index contributed by atoms with van der Waals surface area (Å²) in [5, 5.41) is 10.3.